The quantitative estimate of drug-likeness (QED) is 0.583. The minimum atomic E-state index is -3.34. The number of nitrogens with zero attached hydrogens (tertiary/aromatic N) is 1. The molecule has 0 rings (SSSR count). The van der Waals surface area contributed by atoms with Crippen LogP contribution < -0.4 is 0 Å². The molecule has 1 atom stereocenters. The van der Waals surface area contributed by atoms with Gasteiger partial charge in [-0.2, -0.15) is 5.26 Å². The Labute approximate surface area is 60.3 Å². The second-order valence-corrected chi connectivity index (χ2v) is 3.98. The topological polar surface area (TPSA) is 67.2 Å². The summed E-state index contributed by atoms with van der Waals surface area (Å²) in [6.07, 6.45) is 0. The first kappa shape index (κ1) is 9.40. The fraction of sp³-hybridized carbons (Fsp3) is 0.800. The summed E-state index contributed by atoms with van der Waals surface area (Å²) in [5.74, 6) is -0.0704. The largest absolute Gasteiger partial charge is 0.353 e. The summed E-state index contributed by atoms with van der Waals surface area (Å²) in [6.45, 7) is 1.47. The Kier molecular flexibility index (Phi) is 3.33. The van der Waals surface area contributed by atoms with Crippen molar-refractivity contribution in [2.45, 2.75) is 12.4 Å². The fourth-order valence-corrected chi connectivity index (χ4v) is 1.19. The number of hydrogen-bond acceptors (Lipinski definition) is 4. The monoisotopic (exact) mass is 163 g/mol. The second kappa shape index (κ2) is 3.54. The van der Waals surface area contributed by atoms with E-state index in [0.29, 0.717) is 0 Å². The van der Waals surface area contributed by atoms with Gasteiger partial charge < -0.3 is 4.74 Å². The third-order valence-electron chi connectivity index (χ3n) is 1.05. The highest BCUT2D eigenvalue weighted by molar-refractivity contribution is 7.92. The lowest BCUT2D eigenvalue weighted by Gasteiger charge is -2.04. The van der Waals surface area contributed by atoms with Crippen molar-refractivity contribution in [3.63, 3.8) is 0 Å². The summed E-state index contributed by atoms with van der Waals surface area (Å²) in [6, 6.07) is 1.53. The van der Waals surface area contributed by atoms with Gasteiger partial charge in [-0.1, -0.05) is 6.92 Å². The molecule has 0 aromatic carbocycles. The number of hydrogen-bond donors (Lipinski definition) is 0. The van der Waals surface area contributed by atoms with Gasteiger partial charge in [0.2, 0.25) is 5.44 Å². The molecule has 0 bridgehead atoms. The minimum Gasteiger partial charge on any atom is -0.353 e. The number of nitriles is 1. The van der Waals surface area contributed by atoms with Crippen LogP contribution in [-0.4, -0.2) is 26.7 Å². The van der Waals surface area contributed by atoms with Crippen LogP contribution in [0.3, 0.4) is 0 Å². The van der Waals surface area contributed by atoms with Crippen molar-refractivity contribution in [2.75, 3.05) is 12.9 Å². The summed E-state index contributed by atoms with van der Waals surface area (Å²) >= 11 is 0. The normalized spacial score (nSPS) is 14.1. The Morgan fingerprint density at radius 3 is 2.30 bits per heavy atom. The molecule has 0 saturated carbocycles. The number of sulfone groups is 1. The Morgan fingerprint density at radius 2 is 2.20 bits per heavy atom. The van der Waals surface area contributed by atoms with E-state index in [9.17, 15) is 8.42 Å². The van der Waals surface area contributed by atoms with Crippen LogP contribution in [0.2, 0.25) is 0 Å². The Balaban J connectivity index is 4.49. The molecule has 4 nitrogen and oxygen atoms in total. The van der Waals surface area contributed by atoms with E-state index < -0.39 is 15.3 Å². The van der Waals surface area contributed by atoms with E-state index in [0.717, 1.165) is 0 Å². The maximum atomic E-state index is 10.8. The number of methoxy groups -OCH3 is 1. The van der Waals surface area contributed by atoms with Gasteiger partial charge in [-0.3, -0.25) is 0 Å². The van der Waals surface area contributed by atoms with E-state index in [1.54, 1.807) is 0 Å². The molecule has 0 saturated heterocycles. The van der Waals surface area contributed by atoms with Crippen LogP contribution in [-0.2, 0) is 14.6 Å². The van der Waals surface area contributed by atoms with Gasteiger partial charge in [-0.05, 0) is 0 Å². The zero-order chi connectivity index (χ0) is 8.20. The molecular weight excluding hydrogens is 154 g/mol. The van der Waals surface area contributed by atoms with Gasteiger partial charge >= 0.3 is 0 Å². The number of rotatable bonds is 3. The first-order chi connectivity index (χ1) is 4.58. The molecule has 5 heteroatoms. The molecule has 58 valence electrons. The molecule has 0 aromatic heterocycles. The lowest BCUT2D eigenvalue weighted by Crippen LogP contribution is -2.22. The minimum absolute atomic E-state index is 0.0704. The van der Waals surface area contributed by atoms with Crippen molar-refractivity contribution in [3.8, 4) is 6.07 Å². The van der Waals surface area contributed by atoms with E-state index in [4.69, 9.17) is 5.26 Å². The van der Waals surface area contributed by atoms with Gasteiger partial charge in [0.05, 0.1) is 5.75 Å². The van der Waals surface area contributed by atoms with Crippen LogP contribution in [0.1, 0.15) is 6.92 Å². The Morgan fingerprint density at radius 1 is 1.70 bits per heavy atom. The van der Waals surface area contributed by atoms with E-state index in [1.807, 2.05) is 0 Å². The lowest BCUT2D eigenvalue weighted by atomic mass is 10.8. The Bertz CT molecular complexity index is 226. The van der Waals surface area contributed by atoms with Gasteiger partial charge in [-0.15, -0.1) is 0 Å². The fourth-order valence-electron chi connectivity index (χ4n) is 0.431. The van der Waals surface area contributed by atoms with Gasteiger partial charge in [0.1, 0.15) is 6.07 Å². The summed E-state index contributed by atoms with van der Waals surface area (Å²) in [7, 11) is -2.15. The average Bonchev–Trinajstić information content (AvgIpc) is 1.90. The molecule has 0 aliphatic heterocycles. The van der Waals surface area contributed by atoms with E-state index >= 15 is 0 Å². The predicted molar refractivity (Wildman–Crippen MR) is 35.9 cm³/mol. The highest BCUT2D eigenvalue weighted by Gasteiger charge is 2.21. The van der Waals surface area contributed by atoms with Crippen molar-refractivity contribution in [1.82, 2.24) is 0 Å². The van der Waals surface area contributed by atoms with E-state index in [-0.39, 0.29) is 5.75 Å². The van der Waals surface area contributed by atoms with Crippen LogP contribution in [0.25, 0.3) is 0 Å². The lowest BCUT2D eigenvalue weighted by molar-refractivity contribution is 0.203. The summed E-state index contributed by atoms with van der Waals surface area (Å²) in [4.78, 5) is 0. The van der Waals surface area contributed by atoms with Crippen molar-refractivity contribution < 1.29 is 13.2 Å². The van der Waals surface area contributed by atoms with Crippen LogP contribution in [0.15, 0.2) is 0 Å². The standard InChI is InChI=1S/C5H9NO3S/c1-3-10(7,8)5(4-6)9-2/h5H,3H2,1-2H3. The highest BCUT2D eigenvalue weighted by atomic mass is 32.2. The third kappa shape index (κ3) is 1.97. The molecule has 10 heavy (non-hydrogen) atoms. The highest BCUT2D eigenvalue weighted by Crippen LogP contribution is 2.00. The molecule has 0 amide bonds. The molecule has 0 radical (unpaired) electrons. The van der Waals surface area contributed by atoms with Crippen molar-refractivity contribution in [2.24, 2.45) is 0 Å². The molecule has 0 aliphatic rings. The van der Waals surface area contributed by atoms with Crippen molar-refractivity contribution in [1.29, 1.82) is 5.26 Å². The first-order valence-electron chi connectivity index (χ1n) is 2.72. The van der Waals surface area contributed by atoms with Gasteiger partial charge in [0.25, 0.3) is 0 Å². The van der Waals surface area contributed by atoms with Gasteiger partial charge in [0.15, 0.2) is 9.84 Å². The number of ether oxygens (including phenoxy) is 1. The summed E-state index contributed by atoms with van der Waals surface area (Å²) in [5.41, 5.74) is -1.31. The molecule has 0 fully saturated rings. The molecule has 0 N–H and O–H groups in total. The smallest absolute Gasteiger partial charge is 0.245 e. The van der Waals surface area contributed by atoms with E-state index in [2.05, 4.69) is 4.74 Å². The molecule has 0 heterocycles. The maximum absolute atomic E-state index is 10.8. The van der Waals surface area contributed by atoms with Gasteiger partial charge in [0, 0.05) is 7.11 Å². The predicted octanol–water partition coefficient (Wildman–Crippen LogP) is -0.0828. The Hall–Kier alpha value is -0.600. The van der Waals surface area contributed by atoms with Crippen LogP contribution in [0.5, 0.6) is 0 Å². The summed E-state index contributed by atoms with van der Waals surface area (Å²) in [5, 5.41) is 8.24. The molecule has 0 spiro atoms. The summed E-state index contributed by atoms with van der Waals surface area (Å²) < 4.78 is 26.0. The second-order valence-electron chi connectivity index (χ2n) is 1.65. The van der Waals surface area contributed by atoms with Crippen LogP contribution in [0.4, 0.5) is 0 Å². The SMILES string of the molecule is CCS(=O)(=O)C(C#N)OC. The molecular formula is C5H9NO3S. The van der Waals surface area contributed by atoms with Gasteiger partial charge in [-0.25, -0.2) is 8.42 Å². The molecule has 1 unspecified atom stereocenters. The zero-order valence-corrected chi connectivity index (χ0v) is 6.68. The third-order valence-corrected chi connectivity index (χ3v) is 2.80. The first-order valence-corrected chi connectivity index (χ1v) is 4.44. The van der Waals surface area contributed by atoms with Crippen molar-refractivity contribution in [3.05, 3.63) is 0 Å². The molecule has 0 aromatic rings. The average molecular weight is 163 g/mol. The van der Waals surface area contributed by atoms with Crippen LogP contribution >= 0.6 is 0 Å². The van der Waals surface area contributed by atoms with Crippen molar-refractivity contribution >= 4 is 9.84 Å². The zero-order valence-electron chi connectivity index (χ0n) is 5.86. The van der Waals surface area contributed by atoms with Crippen LogP contribution in [0, 0.1) is 11.3 Å². The van der Waals surface area contributed by atoms with E-state index in [1.165, 1.54) is 20.1 Å². The maximum Gasteiger partial charge on any atom is 0.245 e. The molecule has 0 aliphatic carbocycles.